The Morgan fingerprint density at radius 2 is 1.79 bits per heavy atom. The Morgan fingerprint density at radius 1 is 1.14 bits per heavy atom. The summed E-state index contributed by atoms with van der Waals surface area (Å²) in [5.74, 6) is -3.85. The zero-order valence-corrected chi connectivity index (χ0v) is 16.5. The Bertz CT molecular complexity index is 828. The molecule has 1 saturated heterocycles. The van der Waals surface area contributed by atoms with Crippen molar-refractivity contribution in [2.24, 2.45) is 23.7 Å². The quantitative estimate of drug-likeness (QED) is 0.575. The van der Waals surface area contributed by atoms with Gasteiger partial charge in [-0.05, 0) is 49.9 Å². The van der Waals surface area contributed by atoms with Crippen molar-refractivity contribution in [1.29, 1.82) is 0 Å². The van der Waals surface area contributed by atoms with E-state index in [1.807, 2.05) is 6.92 Å². The molecule has 2 aliphatic rings. The standard InChI is InChI=1S/C20H24FN3O5/c1-10-4-9-14-16(20(28)24(3)19(14)27)15(10)18(26)23-22-17(25)11(2)29-13-7-5-12(21)6-8-13/h5-8,10-11,14-16H,4,9H2,1-3H3,(H,22,25)(H,23,26)/t10-,11+,14+,15-,16-/m1/s1. The van der Waals surface area contributed by atoms with E-state index in [1.54, 1.807) is 0 Å². The predicted molar refractivity (Wildman–Crippen MR) is 99.4 cm³/mol. The number of amides is 4. The van der Waals surface area contributed by atoms with E-state index in [9.17, 15) is 23.6 Å². The number of nitrogens with one attached hydrogen (secondary N) is 2. The Labute approximate surface area is 167 Å². The first-order valence-corrected chi connectivity index (χ1v) is 9.54. The monoisotopic (exact) mass is 405 g/mol. The molecular formula is C20H24FN3O5. The summed E-state index contributed by atoms with van der Waals surface area (Å²) in [5.41, 5.74) is 4.66. The van der Waals surface area contributed by atoms with E-state index in [0.29, 0.717) is 18.6 Å². The molecule has 5 atom stereocenters. The molecule has 1 aliphatic heterocycles. The molecule has 0 spiro atoms. The third-order valence-electron chi connectivity index (χ3n) is 5.74. The number of hydrogen-bond donors (Lipinski definition) is 2. The highest BCUT2D eigenvalue weighted by Crippen LogP contribution is 2.44. The zero-order valence-electron chi connectivity index (χ0n) is 16.5. The van der Waals surface area contributed by atoms with Crippen LogP contribution in [-0.2, 0) is 19.2 Å². The number of ether oxygens (including phenoxy) is 1. The van der Waals surface area contributed by atoms with E-state index in [-0.39, 0.29) is 17.7 Å². The number of hydrazine groups is 1. The molecule has 2 fully saturated rings. The minimum absolute atomic E-state index is 0.107. The fraction of sp³-hybridized carbons (Fsp3) is 0.500. The van der Waals surface area contributed by atoms with Crippen molar-refractivity contribution in [3.8, 4) is 5.75 Å². The van der Waals surface area contributed by atoms with Gasteiger partial charge in [0.2, 0.25) is 17.7 Å². The molecule has 8 nitrogen and oxygen atoms in total. The summed E-state index contributed by atoms with van der Waals surface area (Å²) in [6, 6.07) is 5.20. The van der Waals surface area contributed by atoms with Gasteiger partial charge in [0.1, 0.15) is 11.6 Å². The van der Waals surface area contributed by atoms with Crippen LogP contribution in [-0.4, -0.2) is 41.7 Å². The number of imide groups is 1. The number of carbonyl (C=O) groups is 4. The van der Waals surface area contributed by atoms with Crippen LogP contribution in [0.25, 0.3) is 0 Å². The van der Waals surface area contributed by atoms with Crippen molar-refractivity contribution in [1.82, 2.24) is 15.8 Å². The van der Waals surface area contributed by atoms with E-state index < -0.39 is 41.5 Å². The molecule has 0 aromatic heterocycles. The highest BCUT2D eigenvalue weighted by molar-refractivity contribution is 6.07. The van der Waals surface area contributed by atoms with E-state index in [2.05, 4.69) is 10.9 Å². The highest BCUT2D eigenvalue weighted by atomic mass is 19.1. The second-order valence-corrected chi connectivity index (χ2v) is 7.64. The molecule has 1 aromatic carbocycles. The van der Waals surface area contributed by atoms with Gasteiger partial charge in [0.25, 0.3) is 5.91 Å². The van der Waals surface area contributed by atoms with Gasteiger partial charge in [0.15, 0.2) is 6.10 Å². The summed E-state index contributed by atoms with van der Waals surface area (Å²) < 4.78 is 18.3. The van der Waals surface area contributed by atoms with Gasteiger partial charge in [-0.3, -0.25) is 34.9 Å². The van der Waals surface area contributed by atoms with Crippen LogP contribution in [0.15, 0.2) is 24.3 Å². The predicted octanol–water partition coefficient (Wildman–Crippen LogP) is 1.02. The first-order chi connectivity index (χ1) is 13.7. The molecular weight excluding hydrogens is 381 g/mol. The minimum atomic E-state index is -0.946. The first-order valence-electron chi connectivity index (χ1n) is 9.54. The molecule has 0 unspecified atom stereocenters. The number of halogens is 1. The fourth-order valence-corrected chi connectivity index (χ4v) is 4.09. The Kier molecular flexibility index (Phi) is 5.86. The largest absolute Gasteiger partial charge is 0.481 e. The average Bonchev–Trinajstić information content (AvgIpc) is 2.91. The fourth-order valence-electron chi connectivity index (χ4n) is 4.09. The van der Waals surface area contributed by atoms with Crippen LogP contribution in [0.2, 0.25) is 0 Å². The summed E-state index contributed by atoms with van der Waals surface area (Å²) in [5, 5.41) is 0. The summed E-state index contributed by atoms with van der Waals surface area (Å²) in [6.07, 6.45) is 0.266. The normalized spacial score (nSPS) is 27.2. The Balaban J connectivity index is 1.60. The van der Waals surface area contributed by atoms with Gasteiger partial charge in [-0.15, -0.1) is 0 Å². The molecule has 1 saturated carbocycles. The Morgan fingerprint density at radius 3 is 2.45 bits per heavy atom. The van der Waals surface area contributed by atoms with Crippen molar-refractivity contribution in [3.05, 3.63) is 30.1 Å². The van der Waals surface area contributed by atoms with Crippen LogP contribution >= 0.6 is 0 Å². The van der Waals surface area contributed by atoms with Crippen molar-refractivity contribution in [2.75, 3.05) is 7.05 Å². The smallest absolute Gasteiger partial charge is 0.279 e. The summed E-state index contributed by atoms with van der Waals surface area (Å²) in [7, 11) is 1.43. The summed E-state index contributed by atoms with van der Waals surface area (Å²) in [4.78, 5) is 50.8. The number of likely N-dealkylation sites (tertiary alicyclic amines) is 1. The summed E-state index contributed by atoms with van der Waals surface area (Å²) >= 11 is 0. The van der Waals surface area contributed by atoms with Gasteiger partial charge in [-0.1, -0.05) is 6.92 Å². The molecule has 3 rings (SSSR count). The van der Waals surface area contributed by atoms with Crippen LogP contribution in [0.1, 0.15) is 26.7 Å². The van der Waals surface area contributed by atoms with Gasteiger partial charge in [0, 0.05) is 7.05 Å². The molecule has 2 N–H and O–H groups in total. The number of rotatable bonds is 4. The van der Waals surface area contributed by atoms with Gasteiger partial charge >= 0.3 is 0 Å². The number of fused-ring (bicyclic) bond motifs is 1. The van der Waals surface area contributed by atoms with Crippen molar-refractivity contribution in [3.63, 3.8) is 0 Å². The van der Waals surface area contributed by atoms with E-state index in [4.69, 9.17) is 4.74 Å². The van der Waals surface area contributed by atoms with Crippen molar-refractivity contribution >= 4 is 23.6 Å². The SMILES string of the molecule is C[C@H](Oc1ccc(F)cc1)C(=O)NNC(=O)[C@H]1[C@@H]2C(=O)N(C)C(=O)[C@H]2CC[C@H]1C. The minimum Gasteiger partial charge on any atom is -0.481 e. The molecule has 1 aromatic rings. The number of hydrogen-bond acceptors (Lipinski definition) is 5. The molecule has 9 heteroatoms. The van der Waals surface area contributed by atoms with Gasteiger partial charge in [-0.25, -0.2) is 4.39 Å². The second-order valence-electron chi connectivity index (χ2n) is 7.64. The lowest BCUT2D eigenvalue weighted by Crippen LogP contribution is -2.53. The Hall–Kier alpha value is -2.97. The van der Waals surface area contributed by atoms with E-state index >= 15 is 0 Å². The van der Waals surface area contributed by atoms with Crippen LogP contribution in [0.5, 0.6) is 5.75 Å². The van der Waals surface area contributed by atoms with E-state index in [1.165, 1.54) is 38.2 Å². The lowest BCUT2D eigenvalue weighted by molar-refractivity contribution is -0.143. The molecule has 156 valence electrons. The second kappa shape index (κ2) is 8.18. The van der Waals surface area contributed by atoms with Gasteiger partial charge in [0.05, 0.1) is 17.8 Å². The van der Waals surface area contributed by atoms with Crippen LogP contribution < -0.4 is 15.6 Å². The molecule has 1 aliphatic carbocycles. The number of nitrogens with zero attached hydrogens (tertiary/aromatic N) is 1. The molecule has 0 radical (unpaired) electrons. The maximum absolute atomic E-state index is 12.9. The zero-order chi connectivity index (χ0) is 21.3. The summed E-state index contributed by atoms with van der Waals surface area (Å²) in [6.45, 7) is 3.34. The third kappa shape index (κ3) is 4.08. The highest BCUT2D eigenvalue weighted by Gasteiger charge is 2.55. The van der Waals surface area contributed by atoms with Crippen LogP contribution in [0, 0.1) is 29.5 Å². The lowest BCUT2D eigenvalue weighted by atomic mass is 9.68. The number of carbonyl (C=O) groups excluding carboxylic acids is 4. The maximum atomic E-state index is 12.9. The third-order valence-corrected chi connectivity index (χ3v) is 5.74. The van der Waals surface area contributed by atoms with Gasteiger partial charge < -0.3 is 4.74 Å². The topological polar surface area (TPSA) is 105 Å². The van der Waals surface area contributed by atoms with Crippen LogP contribution in [0.3, 0.4) is 0 Å². The molecule has 1 heterocycles. The lowest BCUT2D eigenvalue weighted by Gasteiger charge is -2.34. The van der Waals surface area contributed by atoms with Crippen LogP contribution in [0.4, 0.5) is 4.39 Å². The van der Waals surface area contributed by atoms with Crippen molar-refractivity contribution < 1.29 is 28.3 Å². The average molecular weight is 405 g/mol. The maximum Gasteiger partial charge on any atom is 0.279 e. The molecule has 0 bridgehead atoms. The van der Waals surface area contributed by atoms with Gasteiger partial charge in [-0.2, -0.15) is 0 Å². The van der Waals surface area contributed by atoms with Crippen molar-refractivity contribution in [2.45, 2.75) is 32.8 Å². The number of benzene rings is 1. The van der Waals surface area contributed by atoms with E-state index in [0.717, 1.165) is 4.90 Å². The first kappa shape index (κ1) is 20.8. The molecule has 29 heavy (non-hydrogen) atoms. The molecule has 4 amide bonds.